The van der Waals surface area contributed by atoms with Crippen LogP contribution in [-0.2, 0) is 0 Å². The first-order valence-electron chi connectivity index (χ1n) is 1.58. The molecule has 0 aliphatic heterocycles. The molecule has 0 aromatic carbocycles. The fourth-order valence-electron chi connectivity index (χ4n) is 0.111. The topological polar surface area (TPSA) is 0 Å². The molecule has 0 saturated carbocycles. The van der Waals surface area contributed by atoms with E-state index in [2.05, 4.69) is 0 Å². The lowest BCUT2D eigenvalue weighted by atomic mass is 10.5. The molecule has 0 rings (SSSR count). The van der Waals surface area contributed by atoms with Crippen molar-refractivity contribution in [2.45, 2.75) is 6.92 Å². The van der Waals surface area contributed by atoms with Gasteiger partial charge in [0.2, 0.25) is 0 Å². The van der Waals surface area contributed by atoms with E-state index < -0.39 is 0 Å². The van der Waals surface area contributed by atoms with Gasteiger partial charge < -0.3 is 0 Å². The third-order valence-corrected chi connectivity index (χ3v) is 0.304. The second-order valence-corrected chi connectivity index (χ2v) is 0.718. The van der Waals surface area contributed by atoms with E-state index in [-0.39, 0.29) is 0 Å². The third kappa shape index (κ3) is 3.48. The minimum Gasteiger partial charge on any atom is -0.0877 e. The number of allylic oxidation sites excluding steroid dienone is 3. The van der Waals surface area contributed by atoms with Crippen LogP contribution in [0.3, 0.4) is 0 Å². The van der Waals surface area contributed by atoms with Gasteiger partial charge in [-0.1, -0.05) is 24.8 Å². The van der Waals surface area contributed by atoms with E-state index in [0.29, 0.717) is 0 Å². The fourth-order valence-corrected chi connectivity index (χ4v) is 0.111. The highest BCUT2D eigenvalue weighted by molar-refractivity contribution is 4.92. The van der Waals surface area contributed by atoms with Crippen molar-refractivity contribution < 1.29 is 0 Å². The molecule has 0 spiro atoms. The molecule has 0 N–H and O–H groups in total. The summed E-state index contributed by atoms with van der Waals surface area (Å²) >= 11 is 0. The molecule has 0 heterocycles. The summed E-state index contributed by atoms with van der Waals surface area (Å²) in [5.41, 5.74) is 0. The van der Waals surface area contributed by atoms with Crippen LogP contribution >= 0.6 is 0 Å². The molecule has 0 aliphatic carbocycles. The number of hydrogen-bond acceptors (Lipinski definition) is 0. The molecule has 0 saturated heterocycles. The Hall–Kier alpha value is -0.520. The van der Waals surface area contributed by atoms with Crippen LogP contribution in [0.1, 0.15) is 6.92 Å². The van der Waals surface area contributed by atoms with Crippen molar-refractivity contribution >= 4 is 0 Å². The van der Waals surface area contributed by atoms with Crippen LogP contribution < -0.4 is 0 Å². The van der Waals surface area contributed by atoms with Gasteiger partial charge in [0.05, 0.1) is 0 Å². The molecule has 0 atom stereocenters. The molecule has 0 aliphatic rings. The third-order valence-electron chi connectivity index (χ3n) is 0.304. The highest BCUT2D eigenvalue weighted by Gasteiger charge is 1.42. The molecule has 0 aromatic rings. The van der Waals surface area contributed by atoms with Crippen LogP contribution in [0.4, 0.5) is 0 Å². The van der Waals surface area contributed by atoms with E-state index in [9.17, 15) is 0 Å². The zero-order chi connectivity index (χ0) is 4.12. The maximum Gasteiger partial charge on any atom is -0.0467 e. The summed E-state index contributed by atoms with van der Waals surface area (Å²) in [5, 5.41) is 0. The molecule has 0 aromatic heterocycles. The SMILES string of the molecule is [CH]=CC=CC. The Balaban J connectivity index is 2.92. The Morgan fingerprint density at radius 3 is 2.20 bits per heavy atom. The Bertz CT molecular complexity index is 42.0. The highest BCUT2D eigenvalue weighted by Crippen LogP contribution is 1.64. The van der Waals surface area contributed by atoms with Crippen LogP contribution in [0.2, 0.25) is 0 Å². The maximum absolute atomic E-state index is 4.93. The Labute approximate surface area is 32.8 Å². The zero-order valence-electron chi connectivity index (χ0n) is 3.31. The molecule has 1 radical (unpaired) electrons. The summed E-state index contributed by atoms with van der Waals surface area (Å²) in [5.74, 6) is 0. The van der Waals surface area contributed by atoms with Gasteiger partial charge in [-0.3, -0.25) is 0 Å². The van der Waals surface area contributed by atoms with E-state index in [4.69, 9.17) is 6.58 Å². The predicted octanol–water partition coefficient (Wildman–Crippen LogP) is 1.55. The first-order chi connectivity index (χ1) is 2.41. The first-order valence-corrected chi connectivity index (χ1v) is 1.58. The summed E-state index contributed by atoms with van der Waals surface area (Å²) in [6.45, 7) is 6.85. The van der Waals surface area contributed by atoms with Gasteiger partial charge in [0, 0.05) is 0 Å². The van der Waals surface area contributed by atoms with E-state index >= 15 is 0 Å². The van der Waals surface area contributed by atoms with Crippen LogP contribution in [0.5, 0.6) is 0 Å². The molecule has 27 valence electrons. The van der Waals surface area contributed by atoms with Gasteiger partial charge >= 0.3 is 0 Å². The average Bonchev–Trinajstić information content (AvgIpc) is 1.41. The normalized spacial score (nSPS) is 9.00. The fraction of sp³-hybridized carbons (Fsp3) is 0.200. The van der Waals surface area contributed by atoms with Gasteiger partial charge in [0.1, 0.15) is 0 Å². The Morgan fingerprint density at radius 2 is 2.20 bits per heavy atom. The summed E-state index contributed by atoms with van der Waals surface area (Å²) in [6.07, 6.45) is 5.15. The minimum atomic E-state index is 1.50. The van der Waals surface area contributed by atoms with Crippen molar-refractivity contribution in [2.75, 3.05) is 0 Å². The maximum atomic E-state index is 4.93. The standard InChI is InChI=1S/C5H7/c1-3-5-4-2/h1,3-5H,2H3. The van der Waals surface area contributed by atoms with E-state index in [1.54, 1.807) is 6.08 Å². The smallest absolute Gasteiger partial charge is 0.0467 e. The number of hydrogen-bond donors (Lipinski definition) is 0. The number of rotatable bonds is 1. The predicted molar refractivity (Wildman–Crippen MR) is 23.7 cm³/mol. The second-order valence-electron chi connectivity index (χ2n) is 0.718. The van der Waals surface area contributed by atoms with Crippen molar-refractivity contribution in [3.05, 3.63) is 24.8 Å². The molecule has 0 unspecified atom stereocenters. The zero-order valence-corrected chi connectivity index (χ0v) is 3.31. The van der Waals surface area contributed by atoms with Gasteiger partial charge in [0.15, 0.2) is 0 Å². The largest absolute Gasteiger partial charge is 0.0877 e. The minimum absolute atomic E-state index is 1.50. The van der Waals surface area contributed by atoms with E-state index in [0.717, 1.165) is 0 Å². The summed E-state index contributed by atoms with van der Waals surface area (Å²) in [4.78, 5) is 0. The van der Waals surface area contributed by atoms with Crippen LogP contribution in [0.25, 0.3) is 0 Å². The van der Waals surface area contributed by atoms with Crippen molar-refractivity contribution in [3.63, 3.8) is 0 Å². The Morgan fingerprint density at radius 1 is 1.60 bits per heavy atom. The molecule has 0 amide bonds. The average molecular weight is 67.1 g/mol. The van der Waals surface area contributed by atoms with E-state index in [1.807, 2.05) is 13.0 Å². The van der Waals surface area contributed by atoms with Crippen LogP contribution in [-0.4, -0.2) is 0 Å². The molecule has 0 bridgehead atoms. The van der Waals surface area contributed by atoms with Crippen molar-refractivity contribution in [1.82, 2.24) is 0 Å². The summed E-state index contributed by atoms with van der Waals surface area (Å²) < 4.78 is 0. The summed E-state index contributed by atoms with van der Waals surface area (Å²) in [6, 6.07) is 0. The van der Waals surface area contributed by atoms with Crippen LogP contribution in [0, 0.1) is 6.58 Å². The highest BCUT2D eigenvalue weighted by atomic mass is 13.5. The van der Waals surface area contributed by atoms with Crippen molar-refractivity contribution in [2.24, 2.45) is 0 Å². The second kappa shape index (κ2) is 3.48. The molecule has 0 nitrogen and oxygen atoms in total. The van der Waals surface area contributed by atoms with E-state index in [1.165, 1.54) is 6.08 Å². The quantitative estimate of drug-likeness (QED) is 0.408. The molecular weight excluding hydrogens is 60.1 g/mol. The van der Waals surface area contributed by atoms with Gasteiger partial charge in [-0.2, -0.15) is 0 Å². The monoisotopic (exact) mass is 67.1 g/mol. The van der Waals surface area contributed by atoms with Gasteiger partial charge in [-0.25, -0.2) is 0 Å². The first kappa shape index (κ1) is 4.48. The Kier molecular flexibility index (Phi) is 3.12. The molecule has 5 heavy (non-hydrogen) atoms. The van der Waals surface area contributed by atoms with Gasteiger partial charge in [0.25, 0.3) is 0 Å². The van der Waals surface area contributed by atoms with Gasteiger partial charge in [-0.05, 0) is 6.92 Å². The molecule has 0 heteroatoms. The lowest BCUT2D eigenvalue weighted by Gasteiger charge is -1.55. The lowest BCUT2D eigenvalue weighted by Crippen LogP contribution is -1.34. The summed E-state index contributed by atoms with van der Waals surface area (Å²) in [7, 11) is 0. The van der Waals surface area contributed by atoms with Crippen molar-refractivity contribution in [3.8, 4) is 0 Å². The van der Waals surface area contributed by atoms with Gasteiger partial charge in [-0.15, -0.1) is 0 Å². The molecular formula is C5H7. The van der Waals surface area contributed by atoms with Crippen LogP contribution in [0.15, 0.2) is 18.2 Å². The lowest BCUT2D eigenvalue weighted by molar-refractivity contribution is 1.74. The molecule has 0 fully saturated rings. The van der Waals surface area contributed by atoms with Crippen molar-refractivity contribution in [1.29, 1.82) is 0 Å².